The van der Waals surface area contributed by atoms with Gasteiger partial charge in [0.1, 0.15) is 11.3 Å². The number of hydrogen-bond acceptors (Lipinski definition) is 4. The van der Waals surface area contributed by atoms with Crippen LogP contribution >= 0.6 is 12.2 Å². The lowest BCUT2D eigenvalue weighted by Crippen LogP contribution is -2.54. The van der Waals surface area contributed by atoms with E-state index in [-0.39, 0.29) is 10.7 Å². The fraction of sp³-hybridized carbons (Fsp3) is 0.222. The Bertz CT molecular complexity index is 1340. The minimum Gasteiger partial charge on any atom is -0.497 e. The number of nitrogens with zero attached hydrogens (tertiary/aromatic N) is 2. The van der Waals surface area contributed by atoms with Crippen LogP contribution in [0.25, 0.3) is 11.8 Å². The molecule has 1 saturated heterocycles. The molecule has 7 heteroatoms. The van der Waals surface area contributed by atoms with E-state index in [4.69, 9.17) is 17.0 Å². The van der Waals surface area contributed by atoms with Gasteiger partial charge in [0.2, 0.25) is 0 Å². The van der Waals surface area contributed by atoms with Gasteiger partial charge in [-0.05, 0) is 92.5 Å². The maximum Gasteiger partial charge on any atom is 0.270 e. The fourth-order valence-corrected chi connectivity index (χ4v) is 4.66. The molecule has 0 spiro atoms. The molecule has 0 radical (unpaired) electrons. The zero-order valence-corrected chi connectivity index (χ0v) is 20.7. The van der Waals surface area contributed by atoms with Crippen molar-refractivity contribution in [2.24, 2.45) is 0 Å². The van der Waals surface area contributed by atoms with Gasteiger partial charge in [0, 0.05) is 11.4 Å². The summed E-state index contributed by atoms with van der Waals surface area (Å²) in [5, 5.41) is 2.70. The van der Waals surface area contributed by atoms with Gasteiger partial charge in [0.25, 0.3) is 11.8 Å². The standard InChI is InChI=1S/C27H27N3O3S/c1-6-19-9-7-8-16(2)24(19)29-17(3)14-20(18(29)4)15-23-25(31)28-27(34)30(26(23)32)21-10-12-22(33-5)13-11-21/h7-15H,6H2,1-5H3,(H,28,31,34)/b23-15+. The molecule has 0 atom stereocenters. The molecule has 174 valence electrons. The third kappa shape index (κ3) is 4.03. The number of amides is 2. The Morgan fingerprint density at radius 3 is 2.41 bits per heavy atom. The highest BCUT2D eigenvalue weighted by atomic mass is 32.1. The first kappa shape index (κ1) is 23.4. The molecule has 2 heterocycles. The lowest BCUT2D eigenvalue weighted by Gasteiger charge is -2.29. The second-order valence-electron chi connectivity index (χ2n) is 8.25. The van der Waals surface area contributed by atoms with Crippen LogP contribution in [-0.4, -0.2) is 28.6 Å². The molecule has 34 heavy (non-hydrogen) atoms. The van der Waals surface area contributed by atoms with E-state index in [9.17, 15) is 9.59 Å². The average molecular weight is 474 g/mol. The van der Waals surface area contributed by atoms with Crippen molar-refractivity contribution in [1.29, 1.82) is 0 Å². The Labute approximate surface area is 204 Å². The first-order valence-corrected chi connectivity index (χ1v) is 11.5. The second-order valence-corrected chi connectivity index (χ2v) is 8.64. The van der Waals surface area contributed by atoms with E-state index < -0.39 is 11.8 Å². The Kier molecular flexibility index (Phi) is 6.39. The van der Waals surface area contributed by atoms with Gasteiger partial charge in [-0.2, -0.15) is 0 Å². The minimum atomic E-state index is -0.505. The van der Waals surface area contributed by atoms with Crippen LogP contribution in [0.3, 0.4) is 0 Å². The predicted octanol–water partition coefficient (Wildman–Crippen LogP) is 4.80. The molecule has 1 N–H and O–H groups in total. The van der Waals surface area contributed by atoms with Crippen molar-refractivity contribution in [2.75, 3.05) is 12.0 Å². The lowest BCUT2D eigenvalue weighted by atomic mass is 10.0. The average Bonchev–Trinajstić information content (AvgIpc) is 3.09. The summed E-state index contributed by atoms with van der Waals surface area (Å²) in [5.74, 6) is -0.308. The summed E-state index contributed by atoms with van der Waals surface area (Å²) in [5.41, 5.74) is 6.93. The van der Waals surface area contributed by atoms with Crippen molar-refractivity contribution in [3.63, 3.8) is 0 Å². The number of hydrogen-bond donors (Lipinski definition) is 1. The van der Waals surface area contributed by atoms with Crippen LogP contribution in [0.2, 0.25) is 0 Å². The molecule has 2 amide bonds. The van der Waals surface area contributed by atoms with E-state index in [1.165, 1.54) is 16.0 Å². The van der Waals surface area contributed by atoms with E-state index in [0.29, 0.717) is 11.4 Å². The molecular formula is C27H27N3O3S. The van der Waals surface area contributed by atoms with Gasteiger partial charge in [-0.15, -0.1) is 0 Å². The monoisotopic (exact) mass is 473 g/mol. The van der Waals surface area contributed by atoms with Gasteiger partial charge in [0.15, 0.2) is 5.11 Å². The molecule has 4 rings (SSSR count). The highest BCUT2D eigenvalue weighted by Gasteiger charge is 2.34. The maximum absolute atomic E-state index is 13.4. The topological polar surface area (TPSA) is 63.6 Å². The summed E-state index contributed by atoms with van der Waals surface area (Å²) in [4.78, 5) is 27.5. The van der Waals surface area contributed by atoms with Crippen molar-refractivity contribution < 1.29 is 14.3 Å². The van der Waals surface area contributed by atoms with Gasteiger partial charge >= 0.3 is 0 Å². The second kappa shape index (κ2) is 9.27. The number of aromatic nitrogens is 1. The largest absolute Gasteiger partial charge is 0.497 e. The highest BCUT2D eigenvalue weighted by Crippen LogP contribution is 2.29. The fourth-order valence-electron chi connectivity index (χ4n) is 4.38. The van der Waals surface area contributed by atoms with Crippen LogP contribution in [0.4, 0.5) is 5.69 Å². The Balaban J connectivity index is 1.78. The van der Waals surface area contributed by atoms with Crippen molar-refractivity contribution in [3.05, 3.63) is 82.2 Å². The molecule has 1 aliphatic rings. The number of nitrogens with one attached hydrogen (secondary N) is 1. The number of rotatable bonds is 5. The van der Waals surface area contributed by atoms with Gasteiger partial charge in [-0.3, -0.25) is 19.8 Å². The number of aryl methyl sites for hydroxylation is 3. The quantitative estimate of drug-likeness (QED) is 0.328. The summed E-state index contributed by atoms with van der Waals surface area (Å²) < 4.78 is 7.39. The van der Waals surface area contributed by atoms with Gasteiger partial charge in [-0.25, -0.2) is 0 Å². The van der Waals surface area contributed by atoms with Crippen LogP contribution in [0, 0.1) is 20.8 Å². The summed E-state index contributed by atoms with van der Waals surface area (Å²) in [6.07, 6.45) is 2.55. The van der Waals surface area contributed by atoms with Crippen LogP contribution in [0.1, 0.15) is 35.0 Å². The van der Waals surface area contributed by atoms with Crippen LogP contribution in [0.5, 0.6) is 5.75 Å². The van der Waals surface area contributed by atoms with Crippen molar-refractivity contribution >= 4 is 40.9 Å². The minimum absolute atomic E-state index is 0.0326. The Morgan fingerprint density at radius 1 is 1.06 bits per heavy atom. The van der Waals surface area contributed by atoms with E-state index >= 15 is 0 Å². The first-order chi connectivity index (χ1) is 16.3. The van der Waals surface area contributed by atoms with Crippen molar-refractivity contribution in [3.8, 4) is 11.4 Å². The molecule has 0 saturated carbocycles. The van der Waals surface area contributed by atoms with Crippen LogP contribution < -0.4 is 15.0 Å². The molecule has 0 aliphatic carbocycles. The summed E-state index contributed by atoms with van der Waals surface area (Å²) >= 11 is 5.31. The molecule has 6 nitrogen and oxygen atoms in total. The maximum atomic E-state index is 13.4. The molecule has 1 aliphatic heterocycles. The Morgan fingerprint density at radius 2 is 1.76 bits per heavy atom. The molecule has 1 fully saturated rings. The van der Waals surface area contributed by atoms with Gasteiger partial charge < -0.3 is 9.30 Å². The molecular weight excluding hydrogens is 446 g/mol. The van der Waals surface area contributed by atoms with Gasteiger partial charge in [-0.1, -0.05) is 25.1 Å². The lowest BCUT2D eigenvalue weighted by molar-refractivity contribution is -0.122. The highest BCUT2D eigenvalue weighted by molar-refractivity contribution is 7.80. The van der Waals surface area contributed by atoms with Crippen LogP contribution in [-0.2, 0) is 16.0 Å². The third-order valence-electron chi connectivity index (χ3n) is 6.13. The van der Waals surface area contributed by atoms with E-state index in [1.807, 2.05) is 19.9 Å². The summed E-state index contributed by atoms with van der Waals surface area (Å²) in [6.45, 7) is 8.26. The number of para-hydroxylation sites is 1. The van der Waals surface area contributed by atoms with E-state index in [2.05, 4.69) is 41.9 Å². The SMILES string of the molecule is CCc1cccc(C)c1-n1c(C)cc(/C=C2\C(=O)NC(=S)N(c3ccc(OC)cc3)C2=O)c1C. The summed E-state index contributed by atoms with van der Waals surface area (Å²) in [7, 11) is 1.57. The number of thiocarbonyl (C=S) groups is 1. The Hall–Kier alpha value is -3.71. The number of ether oxygens (including phenoxy) is 1. The third-order valence-corrected chi connectivity index (χ3v) is 6.41. The van der Waals surface area contributed by atoms with E-state index in [1.54, 1.807) is 37.5 Å². The number of methoxy groups -OCH3 is 1. The normalized spacial score (nSPS) is 15.1. The van der Waals surface area contributed by atoms with Crippen molar-refractivity contribution in [1.82, 2.24) is 9.88 Å². The van der Waals surface area contributed by atoms with Crippen LogP contribution in [0.15, 0.2) is 54.1 Å². The number of carbonyl (C=O) groups is 2. The molecule has 0 unspecified atom stereocenters. The molecule has 3 aromatic rings. The zero-order chi connectivity index (χ0) is 24.6. The van der Waals surface area contributed by atoms with Crippen molar-refractivity contribution in [2.45, 2.75) is 34.1 Å². The smallest absolute Gasteiger partial charge is 0.270 e. The number of carbonyl (C=O) groups excluding carboxylic acids is 2. The van der Waals surface area contributed by atoms with E-state index in [0.717, 1.165) is 29.1 Å². The molecule has 1 aromatic heterocycles. The number of benzene rings is 2. The van der Waals surface area contributed by atoms with Gasteiger partial charge in [0.05, 0.1) is 18.5 Å². The summed E-state index contributed by atoms with van der Waals surface area (Å²) in [6, 6.07) is 15.2. The molecule has 0 bridgehead atoms. The zero-order valence-electron chi connectivity index (χ0n) is 19.9. The first-order valence-electron chi connectivity index (χ1n) is 11.1. The number of anilines is 1. The molecule has 2 aromatic carbocycles. The predicted molar refractivity (Wildman–Crippen MR) is 139 cm³/mol.